The van der Waals surface area contributed by atoms with Crippen LogP contribution in [0.2, 0.25) is 0 Å². The Balaban J connectivity index is 1.35. The molecule has 3 aromatic rings. The molecule has 1 heterocycles. The number of hydrogen-bond acceptors (Lipinski definition) is 2. The van der Waals surface area contributed by atoms with Gasteiger partial charge in [0.2, 0.25) is 0 Å². The van der Waals surface area contributed by atoms with Crippen molar-refractivity contribution in [3.8, 4) is 0 Å². The second kappa shape index (κ2) is 9.47. The zero-order chi connectivity index (χ0) is 22.6. The van der Waals surface area contributed by atoms with Crippen LogP contribution >= 0.6 is 0 Å². The molecule has 2 amide bonds. The van der Waals surface area contributed by atoms with Gasteiger partial charge in [-0.2, -0.15) is 0 Å². The lowest BCUT2D eigenvalue weighted by Crippen LogP contribution is -2.43. The van der Waals surface area contributed by atoms with Gasteiger partial charge in [0.1, 0.15) is 0 Å². The number of hydrogen-bond donors (Lipinski definition) is 1. The highest BCUT2D eigenvalue weighted by molar-refractivity contribution is 5.95. The molecule has 1 fully saturated rings. The van der Waals surface area contributed by atoms with Crippen LogP contribution in [0.1, 0.15) is 35.1 Å². The Kier molecular flexibility index (Phi) is 6.09. The summed E-state index contributed by atoms with van der Waals surface area (Å²) >= 11 is 0. The van der Waals surface area contributed by atoms with Gasteiger partial charge in [0.25, 0.3) is 0 Å². The van der Waals surface area contributed by atoms with Gasteiger partial charge in [-0.1, -0.05) is 84.5 Å². The van der Waals surface area contributed by atoms with Crippen LogP contribution in [-0.4, -0.2) is 37.1 Å². The monoisotopic (exact) mass is 435 g/mol. The summed E-state index contributed by atoms with van der Waals surface area (Å²) in [5.41, 5.74) is 14.6. The third-order valence-electron chi connectivity index (χ3n) is 6.69. The lowest BCUT2D eigenvalue weighted by Gasteiger charge is -2.32. The lowest BCUT2D eigenvalue weighted by molar-refractivity contribution is 0.245. The van der Waals surface area contributed by atoms with Crippen molar-refractivity contribution in [2.24, 2.45) is 5.73 Å². The van der Waals surface area contributed by atoms with E-state index >= 15 is 0 Å². The van der Waals surface area contributed by atoms with Gasteiger partial charge in [-0.25, -0.2) is 4.79 Å². The lowest BCUT2D eigenvalue weighted by atomic mass is 9.86. The van der Waals surface area contributed by atoms with E-state index in [2.05, 4.69) is 65.6 Å². The number of carbonyl (C=O) groups excluding carboxylic acids is 1. The van der Waals surface area contributed by atoms with E-state index in [1.807, 2.05) is 30.3 Å². The van der Waals surface area contributed by atoms with Crippen LogP contribution < -0.4 is 10.6 Å². The highest BCUT2D eigenvalue weighted by Gasteiger charge is 2.23. The van der Waals surface area contributed by atoms with Crippen LogP contribution in [0.5, 0.6) is 0 Å². The van der Waals surface area contributed by atoms with Gasteiger partial charge in [0.15, 0.2) is 0 Å². The number of piperidine rings is 1. The molecular formula is C29H29N3O. The summed E-state index contributed by atoms with van der Waals surface area (Å²) in [6.45, 7) is 3.38. The minimum atomic E-state index is -0.403. The van der Waals surface area contributed by atoms with E-state index in [4.69, 9.17) is 5.73 Å². The second-order valence-electron chi connectivity index (χ2n) is 8.65. The number of benzene rings is 3. The number of para-hydroxylation sites is 1. The van der Waals surface area contributed by atoms with Crippen molar-refractivity contribution < 1.29 is 4.79 Å². The van der Waals surface area contributed by atoms with Crippen molar-refractivity contribution in [2.75, 3.05) is 31.1 Å². The molecule has 1 aliphatic heterocycles. The quantitative estimate of drug-likeness (QED) is 0.450. The molecule has 33 heavy (non-hydrogen) atoms. The number of rotatable bonds is 4. The van der Waals surface area contributed by atoms with E-state index in [-0.39, 0.29) is 0 Å². The fraction of sp³-hybridized carbons (Fsp3) is 0.207. The molecule has 0 atom stereocenters. The largest absolute Gasteiger partial charge is 0.351 e. The van der Waals surface area contributed by atoms with Gasteiger partial charge in [-0.15, -0.1) is 0 Å². The van der Waals surface area contributed by atoms with Gasteiger partial charge in [0.05, 0.1) is 0 Å². The van der Waals surface area contributed by atoms with E-state index in [0.29, 0.717) is 6.54 Å². The first-order valence-corrected chi connectivity index (χ1v) is 11.6. The average molecular weight is 436 g/mol. The molecule has 5 rings (SSSR count). The van der Waals surface area contributed by atoms with E-state index < -0.39 is 6.03 Å². The van der Waals surface area contributed by atoms with Crippen LogP contribution in [-0.2, 0) is 0 Å². The Morgan fingerprint density at radius 3 is 1.91 bits per heavy atom. The van der Waals surface area contributed by atoms with E-state index in [1.165, 1.54) is 33.4 Å². The van der Waals surface area contributed by atoms with Crippen LogP contribution in [0.4, 0.5) is 10.5 Å². The van der Waals surface area contributed by atoms with Crippen LogP contribution in [0, 0.1) is 0 Å². The molecule has 0 saturated carbocycles. The Bertz CT molecular complexity index is 1150. The summed E-state index contributed by atoms with van der Waals surface area (Å²) in [4.78, 5) is 16.1. The number of nitrogens with zero attached hydrogens (tertiary/aromatic N) is 2. The van der Waals surface area contributed by atoms with Crippen molar-refractivity contribution in [1.82, 2.24) is 4.90 Å². The van der Waals surface area contributed by atoms with Crippen molar-refractivity contribution in [2.45, 2.75) is 12.8 Å². The summed E-state index contributed by atoms with van der Waals surface area (Å²) in [6.07, 6.45) is 6.53. The maximum atomic E-state index is 12.0. The highest BCUT2D eigenvalue weighted by Crippen LogP contribution is 2.38. The molecule has 2 N–H and O–H groups in total. The predicted molar refractivity (Wildman–Crippen MR) is 137 cm³/mol. The molecule has 4 heteroatoms. The van der Waals surface area contributed by atoms with Gasteiger partial charge in [-0.05, 0) is 52.8 Å². The Morgan fingerprint density at radius 2 is 1.33 bits per heavy atom. The SMILES string of the molecule is NC(=O)N(CCN1CCC(=C2c3ccccc3C=Cc3ccccc32)CC1)c1ccccc1. The normalized spacial score (nSPS) is 15.5. The molecule has 0 spiro atoms. The zero-order valence-electron chi connectivity index (χ0n) is 18.8. The van der Waals surface area contributed by atoms with Crippen molar-refractivity contribution in [3.05, 3.63) is 107 Å². The molecule has 0 unspecified atom stereocenters. The van der Waals surface area contributed by atoms with Crippen LogP contribution in [0.25, 0.3) is 17.7 Å². The Labute approximate surface area is 195 Å². The van der Waals surface area contributed by atoms with E-state index in [0.717, 1.165) is 38.2 Å². The Hall–Kier alpha value is -3.63. The maximum Gasteiger partial charge on any atom is 0.319 e. The molecule has 4 nitrogen and oxygen atoms in total. The number of carbonyl (C=O) groups is 1. The number of urea groups is 1. The van der Waals surface area contributed by atoms with Gasteiger partial charge in [-0.3, -0.25) is 4.90 Å². The predicted octanol–water partition coefficient (Wildman–Crippen LogP) is 5.65. The highest BCUT2D eigenvalue weighted by atomic mass is 16.2. The third kappa shape index (κ3) is 4.48. The van der Waals surface area contributed by atoms with E-state index in [9.17, 15) is 4.79 Å². The van der Waals surface area contributed by atoms with Crippen molar-refractivity contribution in [3.63, 3.8) is 0 Å². The van der Waals surface area contributed by atoms with Gasteiger partial charge >= 0.3 is 6.03 Å². The molecule has 0 radical (unpaired) electrons. The number of amides is 2. The topological polar surface area (TPSA) is 49.6 Å². The third-order valence-corrected chi connectivity index (χ3v) is 6.69. The number of anilines is 1. The fourth-order valence-corrected chi connectivity index (χ4v) is 4.96. The van der Waals surface area contributed by atoms with Gasteiger partial charge in [0, 0.05) is 31.9 Å². The number of fused-ring (bicyclic) bond motifs is 2. The summed E-state index contributed by atoms with van der Waals surface area (Å²) < 4.78 is 0. The number of primary amides is 1. The number of likely N-dealkylation sites (tertiary alicyclic amines) is 1. The molecular weight excluding hydrogens is 406 g/mol. The molecule has 3 aromatic carbocycles. The van der Waals surface area contributed by atoms with Crippen LogP contribution in [0.15, 0.2) is 84.4 Å². The Morgan fingerprint density at radius 1 is 0.788 bits per heavy atom. The maximum absolute atomic E-state index is 12.0. The molecule has 166 valence electrons. The van der Waals surface area contributed by atoms with Gasteiger partial charge < -0.3 is 10.6 Å². The van der Waals surface area contributed by atoms with Crippen molar-refractivity contribution in [1.29, 1.82) is 0 Å². The molecule has 0 aromatic heterocycles. The first-order chi connectivity index (χ1) is 16.2. The zero-order valence-corrected chi connectivity index (χ0v) is 18.8. The minimum absolute atomic E-state index is 0.403. The molecule has 1 saturated heterocycles. The fourth-order valence-electron chi connectivity index (χ4n) is 4.96. The minimum Gasteiger partial charge on any atom is -0.351 e. The summed E-state index contributed by atoms with van der Waals surface area (Å²) in [7, 11) is 0. The molecule has 0 bridgehead atoms. The number of nitrogens with two attached hydrogens (primary N) is 1. The van der Waals surface area contributed by atoms with Crippen molar-refractivity contribution >= 4 is 29.4 Å². The smallest absolute Gasteiger partial charge is 0.319 e. The summed E-state index contributed by atoms with van der Waals surface area (Å²) in [6, 6.07) is 26.7. The average Bonchev–Trinajstić information content (AvgIpc) is 3.02. The van der Waals surface area contributed by atoms with E-state index in [1.54, 1.807) is 4.90 Å². The molecule has 1 aliphatic carbocycles. The summed E-state index contributed by atoms with van der Waals surface area (Å²) in [5.74, 6) is 0. The first kappa shape index (κ1) is 21.2. The second-order valence-corrected chi connectivity index (χ2v) is 8.65. The summed E-state index contributed by atoms with van der Waals surface area (Å²) in [5, 5.41) is 0. The standard InChI is InChI=1S/C29H29N3O/c30-29(33)32(25-10-2-1-3-11-25)21-20-31-18-16-24(17-19-31)28-26-12-6-4-8-22(26)14-15-23-9-5-7-13-27(23)28/h1-15H,16-21H2,(H2,30,33). The van der Waals surface area contributed by atoms with Crippen LogP contribution in [0.3, 0.4) is 0 Å². The molecule has 2 aliphatic rings. The first-order valence-electron chi connectivity index (χ1n) is 11.6.